The Morgan fingerprint density at radius 1 is 1.64 bits per heavy atom. The summed E-state index contributed by atoms with van der Waals surface area (Å²) in [7, 11) is 0. The van der Waals surface area contributed by atoms with E-state index in [2.05, 4.69) is 10.3 Å². The standard InChI is InChI=1S/C10H11FN2O/c1-7(14)13-10(3-4-10)8-2-5-12-6-9(8)11/h2,5-6H,3-4H2,1H3,(H,13,14). The van der Waals surface area contributed by atoms with Crippen LogP contribution in [0.1, 0.15) is 25.3 Å². The highest BCUT2D eigenvalue weighted by Crippen LogP contribution is 2.46. The Balaban J connectivity index is 2.31. The Morgan fingerprint density at radius 3 is 2.86 bits per heavy atom. The molecule has 0 aromatic carbocycles. The molecule has 2 rings (SSSR count). The van der Waals surface area contributed by atoms with Crippen molar-refractivity contribution >= 4 is 5.91 Å². The molecule has 1 N–H and O–H groups in total. The second-order valence-electron chi connectivity index (χ2n) is 3.62. The van der Waals surface area contributed by atoms with Crippen molar-refractivity contribution in [1.29, 1.82) is 0 Å². The van der Waals surface area contributed by atoms with Gasteiger partial charge in [-0.05, 0) is 18.9 Å². The van der Waals surface area contributed by atoms with E-state index in [4.69, 9.17) is 0 Å². The second kappa shape index (κ2) is 3.04. The summed E-state index contributed by atoms with van der Waals surface area (Å²) in [6.07, 6.45) is 4.32. The predicted molar refractivity (Wildman–Crippen MR) is 48.9 cm³/mol. The summed E-state index contributed by atoms with van der Waals surface area (Å²) < 4.78 is 13.4. The molecule has 3 nitrogen and oxygen atoms in total. The molecule has 1 amide bonds. The molecule has 0 saturated heterocycles. The Kier molecular flexibility index (Phi) is 1.98. The van der Waals surface area contributed by atoms with Crippen molar-refractivity contribution in [3.8, 4) is 0 Å². The Labute approximate surface area is 81.3 Å². The van der Waals surface area contributed by atoms with E-state index < -0.39 is 5.54 Å². The van der Waals surface area contributed by atoms with Gasteiger partial charge in [-0.15, -0.1) is 0 Å². The SMILES string of the molecule is CC(=O)NC1(c2ccncc2F)CC1. The van der Waals surface area contributed by atoms with Crippen LogP contribution in [0, 0.1) is 5.82 Å². The lowest BCUT2D eigenvalue weighted by Crippen LogP contribution is -2.33. The molecule has 1 aromatic rings. The largest absolute Gasteiger partial charge is 0.347 e. The molecule has 1 aromatic heterocycles. The lowest BCUT2D eigenvalue weighted by atomic mass is 10.1. The average molecular weight is 194 g/mol. The van der Waals surface area contributed by atoms with Crippen LogP contribution in [0.2, 0.25) is 0 Å². The van der Waals surface area contributed by atoms with Gasteiger partial charge < -0.3 is 5.32 Å². The molecule has 1 heterocycles. The molecule has 0 bridgehead atoms. The molecule has 4 heteroatoms. The molecule has 1 fully saturated rings. The minimum absolute atomic E-state index is 0.126. The first-order valence-corrected chi connectivity index (χ1v) is 4.53. The maximum atomic E-state index is 13.4. The van der Waals surface area contributed by atoms with Gasteiger partial charge >= 0.3 is 0 Å². The maximum absolute atomic E-state index is 13.4. The molecule has 0 spiro atoms. The second-order valence-corrected chi connectivity index (χ2v) is 3.62. The number of hydrogen-bond acceptors (Lipinski definition) is 2. The summed E-state index contributed by atoms with van der Waals surface area (Å²) in [6, 6.07) is 1.62. The van der Waals surface area contributed by atoms with Gasteiger partial charge in [-0.1, -0.05) is 0 Å². The lowest BCUT2D eigenvalue weighted by Gasteiger charge is -2.16. The highest BCUT2D eigenvalue weighted by Gasteiger charge is 2.46. The van der Waals surface area contributed by atoms with E-state index >= 15 is 0 Å². The van der Waals surface area contributed by atoms with Crippen LogP contribution in [0.15, 0.2) is 18.5 Å². The Bertz CT molecular complexity index is 374. The number of hydrogen-bond donors (Lipinski definition) is 1. The number of nitrogens with one attached hydrogen (secondary N) is 1. The summed E-state index contributed by atoms with van der Waals surface area (Å²) in [5.74, 6) is -0.475. The highest BCUT2D eigenvalue weighted by molar-refractivity contribution is 5.74. The molecule has 74 valence electrons. The number of halogens is 1. The normalized spacial score (nSPS) is 17.6. The summed E-state index contributed by atoms with van der Waals surface area (Å²) in [5, 5.41) is 2.78. The van der Waals surface area contributed by atoms with Crippen LogP contribution in [-0.4, -0.2) is 10.9 Å². The lowest BCUT2D eigenvalue weighted by molar-refractivity contribution is -0.120. The fourth-order valence-corrected chi connectivity index (χ4v) is 1.69. The summed E-state index contributed by atoms with van der Waals surface area (Å²) in [5.41, 5.74) is 0.0847. The quantitative estimate of drug-likeness (QED) is 0.772. The van der Waals surface area contributed by atoms with Gasteiger partial charge in [0.1, 0.15) is 5.82 Å². The molecule has 0 aliphatic heterocycles. The number of nitrogens with zero attached hydrogens (tertiary/aromatic N) is 1. The van der Waals surface area contributed by atoms with Crippen LogP contribution < -0.4 is 5.32 Å². The predicted octanol–water partition coefficient (Wildman–Crippen LogP) is 1.35. The molecule has 14 heavy (non-hydrogen) atoms. The third-order valence-corrected chi connectivity index (χ3v) is 2.45. The van der Waals surface area contributed by atoms with Crippen LogP contribution in [0.5, 0.6) is 0 Å². The van der Waals surface area contributed by atoms with Gasteiger partial charge in [-0.3, -0.25) is 9.78 Å². The smallest absolute Gasteiger partial charge is 0.217 e. The zero-order chi connectivity index (χ0) is 10.2. The van der Waals surface area contributed by atoms with Crippen LogP contribution in [-0.2, 0) is 10.3 Å². The fraction of sp³-hybridized carbons (Fsp3) is 0.400. The highest BCUT2D eigenvalue weighted by atomic mass is 19.1. The molecule has 1 aliphatic carbocycles. The van der Waals surface area contributed by atoms with Crippen LogP contribution in [0.25, 0.3) is 0 Å². The van der Waals surface area contributed by atoms with Gasteiger partial charge in [-0.25, -0.2) is 4.39 Å². The van der Waals surface area contributed by atoms with Crippen molar-refractivity contribution < 1.29 is 9.18 Å². The number of carbonyl (C=O) groups is 1. The number of amides is 1. The van der Waals surface area contributed by atoms with Crippen molar-refractivity contribution in [3.63, 3.8) is 0 Å². The maximum Gasteiger partial charge on any atom is 0.217 e. The zero-order valence-corrected chi connectivity index (χ0v) is 7.88. The fourth-order valence-electron chi connectivity index (χ4n) is 1.69. The van der Waals surface area contributed by atoms with E-state index in [9.17, 15) is 9.18 Å². The van der Waals surface area contributed by atoms with Crippen molar-refractivity contribution in [1.82, 2.24) is 10.3 Å². The zero-order valence-electron chi connectivity index (χ0n) is 7.88. The van der Waals surface area contributed by atoms with Gasteiger partial charge in [0.15, 0.2) is 0 Å². The van der Waals surface area contributed by atoms with Gasteiger partial charge in [0.05, 0.1) is 11.7 Å². The Hall–Kier alpha value is -1.45. The minimum Gasteiger partial charge on any atom is -0.347 e. The first-order chi connectivity index (χ1) is 6.64. The Morgan fingerprint density at radius 2 is 2.36 bits per heavy atom. The van der Waals surface area contributed by atoms with Crippen molar-refractivity contribution in [2.75, 3.05) is 0 Å². The summed E-state index contributed by atoms with van der Waals surface area (Å²) in [4.78, 5) is 14.6. The molecule has 0 atom stereocenters. The van der Waals surface area contributed by atoms with E-state index in [0.717, 1.165) is 12.8 Å². The third-order valence-electron chi connectivity index (χ3n) is 2.45. The van der Waals surface area contributed by atoms with Crippen LogP contribution >= 0.6 is 0 Å². The van der Waals surface area contributed by atoms with Crippen molar-refractivity contribution in [2.45, 2.75) is 25.3 Å². The van der Waals surface area contributed by atoms with Gasteiger partial charge in [0, 0.05) is 18.7 Å². The van der Waals surface area contributed by atoms with E-state index in [1.54, 1.807) is 12.3 Å². The van der Waals surface area contributed by atoms with E-state index in [0.29, 0.717) is 5.56 Å². The van der Waals surface area contributed by atoms with Crippen LogP contribution in [0.3, 0.4) is 0 Å². The van der Waals surface area contributed by atoms with Crippen molar-refractivity contribution in [3.05, 3.63) is 29.8 Å². The number of aromatic nitrogens is 1. The first-order valence-electron chi connectivity index (χ1n) is 4.53. The van der Waals surface area contributed by atoms with Gasteiger partial charge in [0.2, 0.25) is 5.91 Å². The van der Waals surface area contributed by atoms with E-state index in [-0.39, 0.29) is 11.7 Å². The molecular weight excluding hydrogens is 183 g/mol. The minimum atomic E-state index is -0.459. The van der Waals surface area contributed by atoms with E-state index in [1.807, 2.05) is 0 Å². The molecular formula is C10H11FN2O. The number of pyridine rings is 1. The van der Waals surface area contributed by atoms with Crippen LogP contribution in [0.4, 0.5) is 4.39 Å². The monoisotopic (exact) mass is 194 g/mol. The summed E-state index contributed by atoms with van der Waals surface area (Å²) in [6.45, 7) is 1.44. The molecule has 0 unspecified atom stereocenters. The summed E-state index contributed by atoms with van der Waals surface area (Å²) >= 11 is 0. The van der Waals surface area contributed by atoms with Gasteiger partial charge in [-0.2, -0.15) is 0 Å². The third kappa shape index (κ3) is 1.47. The topological polar surface area (TPSA) is 42.0 Å². The molecule has 0 radical (unpaired) electrons. The van der Waals surface area contributed by atoms with Gasteiger partial charge in [0.25, 0.3) is 0 Å². The van der Waals surface area contributed by atoms with Crippen molar-refractivity contribution in [2.24, 2.45) is 0 Å². The molecule has 1 aliphatic rings. The number of carbonyl (C=O) groups excluding carboxylic acids is 1. The number of rotatable bonds is 2. The molecule has 1 saturated carbocycles. The van der Waals surface area contributed by atoms with E-state index in [1.165, 1.54) is 13.1 Å². The average Bonchev–Trinajstić information content (AvgIpc) is 2.85. The first kappa shape index (κ1) is 9.12.